The van der Waals surface area contributed by atoms with Crippen LogP contribution in [0.25, 0.3) is 10.9 Å². The van der Waals surface area contributed by atoms with Gasteiger partial charge in [-0.25, -0.2) is 0 Å². The van der Waals surface area contributed by atoms with Gasteiger partial charge in [-0.3, -0.25) is 9.59 Å². The zero-order valence-electron chi connectivity index (χ0n) is 21.2. The van der Waals surface area contributed by atoms with E-state index in [9.17, 15) is 19.8 Å². The highest BCUT2D eigenvalue weighted by Crippen LogP contribution is 2.28. The van der Waals surface area contributed by atoms with Crippen molar-refractivity contribution in [3.8, 4) is 5.75 Å². The first-order valence-electron chi connectivity index (χ1n) is 12.6. The molecule has 38 heavy (non-hydrogen) atoms. The van der Waals surface area contributed by atoms with Gasteiger partial charge in [-0.15, -0.1) is 0 Å². The molecule has 8 heteroatoms. The van der Waals surface area contributed by atoms with Crippen LogP contribution in [-0.2, 0) is 24.1 Å². The lowest BCUT2D eigenvalue weighted by Crippen LogP contribution is -2.32. The van der Waals surface area contributed by atoms with E-state index in [1.807, 2.05) is 55.5 Å². The summed E-state index contributed by atoms with van der Waals surface area (Å²) in [6.07, 6.45) is 0.956. The van der Waals surface area contributed by atoms with Crippen molar-refractivity contribution in [2.24, 2.45) is 0 Å². The average molecular weight is 534 g/mol. The van der Waals surface area contributed by atoms with Crippen LogP contribution in [0.4, 0.5) is 0 Å². The maximum absolute atomic E-state index is 12.4. The number of nitrogens with one attached hydrogen (secondary N) is 3. The number of aromatic amines is 1. The molecule has 7 nitrogen and oxygen atoms in total. The Balaban J connectivity index is 1.27. The van der Waals surface area contributed by atoms with Crippen LogP contribution in [0.5, 0.6) is 5.75 Å². The number of aliphatic hydroxyl groups excluding tert-OH is 1. The largest absolute Gasteiger partial charge is 0.506 e. The van der Waals surface area contributed by atoms with E-state index in [4.69, 9.17) is 11.6 Å². The van der Waals surface area contributed by atoms with E-state index in [0.29, 0.717) is 41.0 Å². The number of amides is 1. The summed E-state index contributed by atoms with van der Waals surface area (Å²) in [4.78, 5) is 26.7. The van der Waals surface area contributed by atoms with Gasteiger partial charge >= 0.3 is 0 Å². The van der Waals surface area contributed by atoms with Crippen LogP contribution in [0.3, 0.4) is 0 Å². The number of benzene rings is 3. The number of aromatic hydroxyl groups is 1. The number of fused-ring (bicyclic) bond motifs is 1. The zero-order chi connectivity index (χ0) is 27.1. The molecular formula is C30H32ClN3O4. The number of aromatic nitrogens is 1. The molecular weight excluding hydrogens is 502 g/mol. The third kappa shape index (κ3) is 7.44. The van der Waals surface area contributed by atoms with E-state index < -0.39 is 6.10 Å². The van der Waals surface area contributed by atoms with E-state index >= 15 is 0 Å². The number of hydrogen-bond donors (Lipinski definition) is 5. The molecule has 198 valence electrons. The fourth-order valence-corrected chi connectivity index (χ4v) is 4.64. The summed E-state index contributed by atoms with van der Waals surface area (Å²) in [5, 5.41) is 28.5. The van der Waals surface area contributed by atoms with E-state index in [-0.39, 0.29) is 23.3 Å². The molecule has 0 aliphatic heterocycles. The molecule has 0 unspecified atom stereocenters. The van der Waals surface area contributed by atoms with Crippen LogP contribution in [0, 0.1) is 0 Å². The molecule has 4 aromatic rings. The summed E-state index contributed by atoms with van der Waals surface area (Å²) in [5.74, 6) is -0.0574. The summed E-state index contributed by atoms with van der Waals surface area (Å²) in [6.45, 7) is 2.90. The van der Waals surface area contributed by atoms with Crippen molar-refractivity contribution in [3.63, 3.8) is 0 Å². The maximum atomic E-state index is 12.4. The molecule has 0 aliphatic rings. The van der Waals surface area contributed by atoms with Crippen LogP contribution >= 0.6 is 11.6 Å². The quantitative estimate of drug-likeness (QED) is 0.200. The topological polar surface area (TPSA) is 114 Å². The molecule has 2 atom stereocenters. The molecule has 4 rings (SSSR count). The van der Waals surface area contributed by atoms with Gasteiger partial charge < -0.3 is 25.8 Å². The highest BCUT2D eigenvalue weighted by molar-refractivity contribution is 6.30. The number of carbonyl (C=O) groups excluding carboxylic acids is 1. The Bertz CT molecular complexity index is 1450. The average Bonchev–Trinajstić information content (AvgIpc) is 2.89. The molecule has 0 saturated carbocycles. The van der Waals surface area contributed by atoms with Gasteiger partial charge in [-0.2, -0.15) is 0 Å². The van der Waals surface area contributed by atoms with Crippen molar-refractivity contribution in [2.75, 3.05) is 13.1 Å². The van der Waals surface area contributed by atoms with Crippen LogP contribution in [-0.4, -0.2) is 40.2 Å². The first-order valence-corrected chi connectivity index (χ1v) is 13.0. The van der Waals surface area contributed by atoms with Crippen LogP contribution in [0.15, 0.2) is 77.6 Å². The number of phenolic OH excluding ortho intramolecular Hbond substituents is 1. The monoisotopic (exact) mass is 533 g/mol. The number of phenols is 1. The summed E-state index contributed by atoms with van der Waals surface area (Å²) < 4.78 is 0. The number of rotatable bonds is 11. The Morgan fingerprint density at radius 3 is 2.55 bits per heavy atom. The van der Waals surface area contributed by atoms with Crippen LogP contribution < -0.4 is 16.2 Å². The molecule has 0 fully saturated rings. The van der Waals surface area contributed by atoms with Crippen molar-refractivity contribution < 1.29 is 15.0 Å². The van der Waals surface area contributed by atoms with E-state index in [0.717, 1.165) is 29.5 Å². The molecule has 0 bridgehead atoms. The normalized spacial score (nSPS) is 12.8. The zero-order valence-corrected chi connectivity index (χ0v) is 22.0. The molecule has 1 heterocycles. The Labute approximate surface area is 226 Å². The van der Waals surface area contributed by atoms with Gasteiger partial charge in [-0.1, -0.05) is 54.1 Å². The Kier molecular flexibility index (Phi) is 9.18. The smallest absolute Gasteiger partial charge is 0.248 e. The first kappa shape index (κ1) is 27.4. The molecule has 5 N–H and O–H groups in total. The lowest BCUT2D eigenvalue weighted by molar-refractivity contribution is -0.120. The minimum Gasteiger partial charge on any atom is -0.506 e. The molecule has 1 amide bonds. The Morgan fingerprint density at radius 1 is 1.00 bits per heavy atom. The molecule has 3 aromatic carbocycles. The van der Waals surface area contributed by atoms with Gasteiger partial charge in [0.1, 0.15) is 5.75 Å². The molecule has 0 aliphatic carbocycles. The SMILES string of the molecule is C[C@H](Cc1cccc(CC(=O)NCCc2ccc(Cl)cc2)c1)NC[C@H](O)c1ccc(O)c2[nH]c(=O)ccc12. The van der Waals surface area contributed by atoms with Crippen molar-refractivity contribution in [2.45, 2.75) is 38.3 Å². The molecule has 0 spiro atoms. The van der Waals surface area contributed by atoms with Gasteiger partial charge in [-0.05, 0) is 66.3 Å². The Hall–Kier alpha value is -3.65. The predicted molar refractivity (Wildman–Crippen MR) is 151 cm³/mol. The fourth-order valence-electron chi connectivity index (χ4n) is 4.51. The van der Waals surface area contributed by atoms with E-state index in [1.54, 1.807) is 12.1 Å². The third-order valence-electron chi connectivity index (χ3n) is 6.47. The van der Waals surface area contributed by atoms with Crippen molar-refractivity contribution >= 4 is 28.4 Å². The van der Waals surface area contributed by atoms with Gasteiger partial charge in [0, 0.05) is 35.6 Å². The van der Waals surface area contributed by atoms with E-state index in [2.05, 4.69) is 15.6 Å². The maximum Gasteiger partial charge on any atom is 0.248 e. The lowest BCUT2D eigenvalue weighted by Gasteiger charge is -2.19. The highest BCUT2D eigenvalue weighted by Gasteiger charge is 2.15. The van der Waals surface area contributed by atoms with Gasteiger partial charge in [0.05, 0.1) is 18.0 Å². The minimum atomic E-state index is -0.825. The number of carbonyl (C=O) groups is 1. The van der Waals surface area contributed by atoms with Crippen molar-refractivity contribution in [3.05, 3.63) is 110 Å². The number of H-pyrrole nitrogens is 1. The fraction of sp³-hybridized carbons (Fsp3) is 0.267. The van der Waals surface area contributed by atoms with Gasteiger partial charge in [0.15, 0.2) is 0 Å². The lowest BCUT2D eigenvalue weighted by atomic mass is 10.0. The summed E-state index contributed by atoms with van der Waals surface area (Å²) in [6, 6.07) is 21.8. The second-order valence-corrected chi connectivity index (χ2v) is 9.97. The highest BCUT2D eigenvalue weighted by atomic mass is 35.5. The Morgan fingerprint density at radius 2 is 1.76 bits per heavy atom. The second kappa shape index (κ2) is 12.7. The summed E-state index contributed by atoms with van der Waals surface area (Å²) >= 11 is 5.91. The molecule has 0 saturated heterocycles. The van der Waals surface area contributed by atoms with Crippen molar-refractivity contribution in [1.29, 1.82) is 0 Å². The molecule has 1 aromatic heterocycles. The number of pyridine rings is 1. The predicted octanol–water partition coefficient (Wildman–Crippen LogP) is 4.04. The summed E-state index contributed by atoms with van der Waals surface area (Å²) in [5.41, 5.74) is 3.79. The van der Waals surface area contributed by atoms with Crippen molar-refractivity contribution in [1.82, 2.24) is 15.6 Å². The number of halogens is 1. The minimum absolute atomic E-state index is 0.0205. The van der Waals surface area contributed by atoms with E-state index in [1.165, 1.54) is 12.1 Å². The van der Waals surface area contributed by atoms with Crippen LogP contribution in [0.1, 0.15) is 35.3 Å². The van der Waals surface area contributed by atoms with Gasteiger partial charge in [0.25, 0.3) is 0 Å². The first-order chi connectivity index (χ1) is 18.3. The number of hydrogen-bond acceptors (Lipinski definition) is 5. The molecule has 0 radical (unpaired) electrons. The standard InChI is InChI=1S/C30H32ClN3O4/c1-19(33-18-27(36)24-9-11-26(35)30-25(24)10-12-28(37)34-30)15-21-3-2-4-22(16-21)17-29(38)32-14-13-20-5-7-23(31)8-6-20/h2-12,16,19,27,33,35-36H,13-15,17-18H2,1H3,(H,32,38)(H,34,37)/t19-,27+/m1/s1. The second-order valence-electron chi connectivity index (χ2n) is 9.54. The third-order valence-corrected chi connectivity index (χ3v) is 6.72. The van der Waals surface area contributed by atoms with Gasteiger partial charge in [0.2, 0.25) is 11.5 Å². The summed E-state index contributed by atoms with van der Waals surface area (Å²) in [7, 11) is 0. The number of aliphatic hydroxyl groups is 1. The van der Waals surface area contributed by atoms with Crippen LogP contribution in [0.2, 0.25) is 5.02 Å².